The molecular weight excluding hydrogens is 214 g/mol. The van der Waals surface area contributed by atoms with Crippen LogP contribution in [0.3, 0.4) is 0 Å². The second-order valence-corrected chi connectivity index (χ2v) is 4.59. The summed E-state index contributed by atoms with van der Waals surface area (Å²) in [5.41, 5.74) is 1.21. The first-order valence-corrected chi connectivity index (χ1v) is 6.08. The van der Waals surface area contributed by atoms with Crippen LogP contribution >= 0.6 is 0 Å². The van der Waals surface area contributed by atoms with Gasteiger partial charge in [-0.2, -0.15) is 0 Å². The highest BCUT2D eigenvalue weighted by Crippen LogP contribution is 2.22. The van der Waals surface area contributed by atoms with E-state index in [1.165, 1.54) is 5.56 Å². The maximum atomic E-state index is 11.5. The van der Waals surface area contributed by atoms with E-state index in [0.29, 0.717) is 0 Å². The quantitative estimate of drug-likeness (QED) is 0.799. The van der Waals surface area contributed by atoms with Gasteiger partial charge in [-0.3, -0.25) is 9.69 Å². The molecule has 2 rings (SSSR count). The smallest absolute Gasteiger partial charge is 0.146 e. The largest absolute Gasteiger partial charge is 0.497 e. The SMILES string of the molecule is COc1cccc(CN2CCCC2C(C)=O)c1. The number of rotatable bonds is 4. The zero-order valence-corrected chi connectivity index (χ0v) is 10.5. The molecule has 1 aliphatic heterocycles. The first-order chi connectivity index (χ1) is 8.20. The van der Waals surface area contributed by atoms with E-state index >= 15 is 0 Å². The van der Waals surface area contributed by atoms with Crippen LogP contribution < -0.4 is 4.74 Å². The van der Waals surface area contributed by atoms with Crippen molar-refractivity contribution >= 4 is 5.78 Å². The number of ether oxygens (including phenoxy) is 1. The van der Waals surface area contributed by atoms with Gasteiger partial charge in [0.05, 0.1) is 13.2 Å². The van der Waals surface area contributed by atoms with Crippen molar-refractivity contribution in [1.29, 1.82) is 0 Å². The van der Waals surface area contributed by atoms with Crippen LogP contribution in [0, 0.1) is 0 Å². The summed E-state index contributed by atoms with van der Waals surface area (Å²) in [5, 5.41) is 0. The Morgan fingerprint density at radius 3 is 3.06 bits per heavy atom. The molecule has 1 fully saturated rings. The normalized spacial score (nSPS) is 20.5. The number of nitrogens with zero attached hydrogens (tertiary/aromatic N) is 1. The highest BCUT2D eigenvalue weighted by atomic mass is 16.5. The maximum absolute atomic E-state index is 11.5. The molecule has 17 heavy (non-hydrogen) atoms. The van der Waals surface area contributed by atoms with E-state index in [1.54, 1.807) is 14.0 Å². The van der Waals surface area contributed by atoms with E-state index in [1.807, 2.05) is 18.2 Å². The van der Waals surface area contributed by atoms with Crippen molar-refractivity contribution in [2.24, 2.45) is 0 Å². The van der Waals surface area contributed by atoms with Gasteiger partial charge < -0.3 is 4.74 Å². The van der Waals surface area contributed by atoms with E-state index in [4.69, 9.17) is 4.74 Å². The molecular formula is C14H19NO2. The molecule has 3 nitrogen and oxygen atoms in total. The van der Waals surface area contributed by atoms with Crippen molar-refractivity contribution in [3.05, 3.63) is 29.8 Å². The molecule has 0 saturated carbocycles. The standard InChI is InChI=1S/C14H19NO2/c1-11(16)14-7-4-8-15(14)10-12-5-3-6-13(9-12)17-2/h3,5-6,9,14H,4,7-8,10H2,1-2H3. The summed E-state index contributed by atoms with van der Waals surface area (Å²) in [6.07, 6.45) is 2.12. The van der Waals surface area contributed by atoms with E-state index in [0.717, 1.165) is 31.7 Å². The number of carbonyl (C=O) groups excluding carboxylic acids is 1. The number of carbonyl (C=O) groups is 1. The Hall–Kier alpha value is -1.35. The molecule has 1 saturated heterocycles. The topological polar surface area (TPSA) is 29.5 Å². The summed E-state index contributed by atoms with van der Waals surface area (Å²) in [6, 6.07) is 8.16. The summed E-state index contributed by atoms with van der Waals surface area (Å²) < 4.78 is 5.21. The Balaban J connectivity index is 2.06. The molecule has 1 aromatic carbocycles. The fourth-order valence-electron chi connectivity index (χ4n) is 2.48. The molecule has 1 aromatic rings. The van der Waals surface area contributed by atoms with Crippen molar-refractivity contribution in [3.8, 4) is 5.75 Å². The predicted molar refractivity (Wildman–Crippen MR) is 67.1 cm³/mol. The van der Waals surface area contributed by atoms with Gasteiger partial charge in [0.1, 0.15) is 11.5 Å². The summed E-state index contributed by atoms with van der Waals surface area (Å²) in [4.78, 5) is 13.8. The molecule has 0 spiro atoms. The monoisotopic (exact) mass is 233 g/mol. The van der Waals surface area contributed by atoms with Gasteiger partial charge in [0.25, 0.3) is 0 Å². The van der Waals surface area contributed by atoms with Crippen LogP contribution in [0.4, 0.5) is 0 Å². The van der Waals surface area contributed by atoms with Crippen molar-refractivity contribution in [2.75, 3.05) is 13.7 Å². The van der Waals surface area contributed by atoms with Gasteiger partial charge in [0, 0.05) is 6.54 Å². The molecule has 0 amide bonds. The number of hydrogen-bond acceptors (Lipinski definition) is 3. The molecule has 1 atom stereocenters. The van der Waals surface area contributed by atoms with E-state index in [-0.39, 0.29) is 11.8 Å². The van der Waals surface area contributed by atoms with Crippen molar-refractivity contribution in [2.45, 2.75) is 32.4 Å². The number of methoxy groups -OCH3 is 1. The number of benzene rings is 1. The second-order valence-electron chi connectivity index (χ2n) is 4.59. The third-order valence-electron chi connectivity index (χ3n) is 3.35. The highest BCUT2D eigenvalue weighted by Gasteiger charge is 2.27. The molecule has 0 N–H and O–H groups in total. The molecule has 0 aromatic heterocycles. The lowest BCUT2D eigenvalue weighted by Crippen LogP contribution is -2.34. The van der Waals surface area contributed by atoms with Crippen LogP contribution in [0.2, 0.25) is 0 Å². The fraction of sp³-hybridized carbons (Fsp3) is 0.500. The molecule has 92 valence electrons. The third-order valence-corrected chi connectivity index (χ3v) is 3.35. The first kappa shape index (κ1) is 12.1. The highest BCUT2D eigenvalue weighted by molar-refractivity contribution is 5.81. The Kier molecular flexibility index (Phi) is 3.79. The Bertz CT molecular complexity index is 403. The van der Waals surface area contributed by atoms with Crippen LogP contribution in [-0.2, 0) is 11.3 Å². The third kappa shape index (κ3) is 2.86. The zero-order chi connectivity index (χ0) is 12.3. The number of likely N-dealkylation sites (tertiary alicyclic amines) is 1. The van der Waals surface area contributed by atoms with Gasteiger partial charge in [0.2, 0.25) is 0 Å². The van der Waals surface area contributed by atoms with Gasteiger partial charge in [-0.25, -0.2) is 0 Å². The molecule has 1 unspecified atom stereocenters. The van der Waals surface area contributed by atoms with Gasteiger partial charge in [-0.15, -0.1) is 0 Å². The molecule has 0 aliphatic carbocycles. The van der Waals surface area contributed by atoms with Crippen LogP contribution in [-0.4, -0.2) is 30.4 Å². The number of Topliss-reactive ketones (excluding diaryl/α,β-unsaturated/α-hetero) is 1. The minimum Gasteiger partial charge on any atom is -0.497 e. The Morgan fingerprint density at radius 2 is 2.35 bits per heavy atom. The molecule has 0 radical (unpaired) electrons. The van der Waals surface area contributed by atoms with Gasteiger partial charge in [0.15, 0.2) is 0 Å². The minimum atomic E-state index is 0.112. The fourth-order valence-corrected chi connectivity index (χ4v) is 2.48. The number of hydrogen-bond donors (Lipinski definition) is 0. The van der Waals surface area contributed by atoms with Gasteiger partial charge >= 0.3 is 0 Å². The average molecular weight is 233 g/mol. The predicted octanol–water partition coefficient (Wildman–Crippen LogP) is 2.25. The van der Waals surface area contributed by atoms with E-state index in [9.17, 15) is 4.79 Å². The minimum absolute atomic E-state index is 0.112. The molecule has 1 aliphatic rings. The lowest BCUT2D eigenvalue weighted by molar-refractivity contribution is -0.121. The van der Waals surface area contributed by atoms with Crippen LogP contribution in [0.1, 0.15) is 25.3 Å². The van der Waals surface area contributed by atoms with Crippen LogP contribution in [0.25, 0.3) is 0 Å². The van der Waals surface area contributed by atoms with Gasteiger partial charge in [-0.05, 0) is 44.0 Å². The lowest BCUT2D eigenvalue weighted by atomic mass is 10.1. The second kappa shape index (κ2) is 5.32. The Morgan fingerprint density at radius 1 is 1.53 bits per heavy atom. The molecule has 3 heteroatoms. The lowest BCUT2D eigenvalue weighted by Gasteiger charge is -2.22. The van der Waals surface area contributed by atoms with Gasteiger partial charge in [-0.1, -0.05) is 12.1 Å². The van der Waals surface area contributed by atoms with Crippen LogP contribution in [0.15, 0.2) is 24.3 Å². The summed E-state index contributed by atoms with van der Waals surface area (Å²) >= 11 is 0. The van der Waals surface area contributed by atoms with Crippen molar-refractivity contribution in [1.82, 2.24) is 4.90 Å². The molecule has 0 bridgehead atoms. The molecule has 1 heterocycles. The average Bonchev–Trinajstić information content (AvgIpc) is 2.77. The van der Waals surface area contributed by atoms with Crippen molar-refractivity contribution < 1.29 is 9.53 Å². The summed E-state index contributed by atoms with van der Waals surface area (Å²) in [6.45, 7) is 3.54. The van der Waals surface area contributed by atoms with Crippen molar-refractivity contribution in [3.63, 3.8) is 0 Å². The number of ketones is 1. The first-order valence-electron chi connectivity index (χ1n) is 6.08. The Labute approximate surface area is 102 Å². The van der Waals surface area contributed by atoms with E-state index < -0.39 is 0 Å². The van der Waals surface area contributed by atoms with E-state index in [2.05, 4.69) is 11.0 Å². The summed E-state index contributed by atoms with van der Waals surface area (Å²) in [7, 11) is 1.67. The zero-order valence-electron chi connectivity index (χ0n) is 10.5. The maximum Gasteiger partial charge on any atom is 0.146 e. The summed E-state index contributed by atoms with van der Waals surface area (Å²) in [5.74, 6) is 1.16. The van der Waals surface area contributed by atoms with Crippen LogP contribution in [0.5, 0.6) is 5.75 Å².